The molecule has 2 aromatic rings. The zero-order chi connectivity index (χ0) is 12.5. The Morgan fingerprint density at radius 1 is 1.33 bits per heavy atom. The molecule has 0 saturated heterocycles. The number of rotatable bonds is 3. The molecule has 4 heteroatoms. The van der Waals surface area contributed by atoms with E-state index in [0.29, 0.717) is 17.3 Å². The molecule has 1 aromatic carbocycles. The number of hydrogen-bond acceptors (Lipinski definition) is 2. The van der Waals surface area contributed by atoms with Crippen molar-refractivity contribution in [2.45, 2.75) is 25.7 Å². The highest BCUT2D eigenvalue weighted by Gasteiger charge is 2.23. The Hall–Kier alpha value is -1.84. The van der Waals surface area contributed by atoms with Gasteiger partial charge >= 0.3 is 0 Å². The molecule has 0 bridgehead atoms. The quantitative estimate of drug-likeness (QED) is 0.872. The van der Waals surface area contributed by atoms with Gasteiger partial charge in [-0.1, -0.05) is 37.5 Å². The highest BCUT2D eigenvalue weighted by molar-refractivity contribution is 5.76. The summed E-state index contributed by atoms with van der Waals surface area (Å²) in [6, 6.07) is 6.70. The zero-order valence-electron chi connectivity index (χ0n) is 10.1. The molecule has 3 rings (SSSR count). The number of aromatic amines is 1. The number of benzene rings is 1. The number of nitrogens with two attached hydrogens (primary N) is 1. The van der Waals surface area contributed by atoms with Gasteiger partial charge in [-0.05, 0) is 18.4 Å². The van der Waals surface area contributed by atoms with Gasteiger partial charge in [0.2, 0.25) is 0 Å². The predicted octanol–water partition coefficient (Wildman–Crippen LogP) is 3.14. The van der Waals surface area contributed by atoms with Crippen molar-refractivity contribution in [1.82, 2.24) is 10.2 Å². The molecular formula is C14H16FN3. The molecule has 18 heavy (non-hydrogen) atoms. The van der Waals surface area contributed by atoms with Crippen LogP contribution in [0, 0.1) is 11.7 Å². The van der Waals surface area contributed by atoms with E-state index in [1.807, 2.05) is 6.07 Å². The summed E-state index contributed by atoms with van der Waals surface area (Å²) >= 11 is 0. The maximum atomic E-state index is 13.8. The summed E-state index contributed by atoms with van der Waals surface area (Å²) in [4.78, 5) is 0. The summed E-state index contributed by atoms with van der Waals surface area (Å²) in [5.74, 6) is 0.824. The van der Waals surface area contributed by atoms with Gasteiger partial charge in [0.15, 0.2) is 5.82 Å². The van der Waals surface area contributed by atoms with E-state index in [-0.39, 0.29) is 5.82 Å². The van der Waals surface area contributed by atoms with E-state index < -0.39 is 0 Å². The zero-order valence-corrected chi connectivity index (χ0v) is 10.1. The van der Waals surface area contributed by atoms with E-state index in [4.69, 9.17) is 5.73 Å². The van der Waals surface area contributed by atoms with Gasteiger partial charge in [0.05, 0.1) is 0 Å². The first kappa shape index (κ1) is 11.3. The summed E-state index contributed by atoms with van der Waals surface area (Å²) in [5.41, 5.74) is 8.10. The second-order valence-electron chi connectivity index (χ2n) is 4.94. The van der Waals surface area contributed by atoms with Crippen molar-refractivity contribution >= 4 is 5.82 Å². The highest BCUT2D eigenvalue weighted by Crippen LogP contribution is 2.35. The molecule has 1 saturated carbocycles. The maximum absolute atomic E-state index is 13.8. The molecule has 0 spiro atoms. The molecule has 1 fully saturated rings. The van der Waals surface area contributed by atoms with Crippen LogP contribution in [0.5, 0.6) is 0 Å². The van der Waals surface area contributed by atoms with Crippen LogP contribution in [-0.2, 0) is 6.42 Å². The molecule has 0 unspecified atom stereocenters. The first-order valence-electron chi connectivity index (χ1n) is 6.33. The number of aromatic nitrogens is 2. The second-order valence-corrected chi connectivity index (χ2v) is 4.94. The average Bonchev–Trinajstić information content (AvgIpc) is 2.66. The third kappa shape index (κ3) is 1.88. The Labute approximate surface area is 105 Å². The van der Waals surface area contributed by atoms with Crippen LogP contribution in [0.4, 0.5) is 10.2 Å². The molecule has 1 aliphatic rings. The Balaban J connectivity index is 1.99. The lowest BCUT2D eigenvalue weighted by atomic mass is 9.81. The number of H-pyrrole nitrogens is 1. The third-order valence-electron chi connectivity index (χ3n) is 3.73. The molecule has 1 heterocycles. The first-order valence-corrected chi connectivity index (χ1v) is 6.33. The van der Waals surface area contributed by atoms with E-state index in [1.165, 1.54) is 25.3 Å². The van der Waals surface area contributed by atoms with Gasteiger partial charge in [-0.3, -0.25) is 5.10 Å². The number of anilines is 1. The van der Waals surface area contributed by atoms with Crippen molar-refractivity contribution < 1.29 is 4.39 Å². The molecule has 3 nitrogen and oxygen atoms in total. The Morgan fingerprint density at radius 2 is 2.11 bits per heavy atom. The fraction of sp³-hybridized carbons (Fsp3) is 0.357. The molecule has 1 aliphatic carbocycles. The van der Waals surface area contributed by atoms with Gasteiger partial charge in [-0.25, -0.2) is 4.39 Å². The Kier molecular flexibility index (Phi) is 2.78. The average molecular weight is 245 g/mol. The first-order chi connectivity index (χ1) is 8.75. The monoisotopic (exact) mass is 245 g/mol. The van der Waals surface area contributed by atoms with Crippen LogP contribution in [0.25, 0.3) is 11.1 Å². The van der Waals surface area contributed by atoms with E-state index in [9.17, 15) is 4.39 Å². The van der Waals surface area contributed by atoms with E-state index >= 15 is 0 Å². The predicted molar refractivity (Wildman–Crippen MR) is 69.4 cm³/mol. The number of halogens is 1. The summed E-state index contributed by atoms with van der Waals surface area (Å²) in [6.07, 6.45) is 4.70. The molecule has 0 radical (unpaired) electrons. The maximum Gasteiger partial charge on any atom is 0.153 e. The molecular weight excluding hydrogens is 229 g/mol. The smallest absolute Gasteiger partial charge is 0.153 e. The minimum atomic E-state index is -0.250. The van der Waals surface area contributed by atoms with Crippen molar-refractivity contribution in [3.63, 3.8) is 0 Å². The van der Waals surface area contributed by atoms with Crippen LogP contribution in [0.1, 0.15) is 25.0 Å². The third-order valence-corrected chi connectivity index (χ3v) is 3.73. The number of nitrogens with zero attached hydrogens (tertiary/aromatic N) is 1. The molecule has 3 N–H and O–H groups in total. The highest BCUT2D eigenvalue weighted by atomic mass is 19.1. The standard InChI is InChI=1S/C14H16FN3/c15-11-7-2-1-6-10(11)13-12(17-18-14(13)16)8-9-4-3-5-9/h1-2,6-7,9H,3-5,8H2,(H3,16,17,18). The number of hydrogen-bond donors (Lipinski definition) is 2. The number of nitrogens with one attached hydrogen (secondary N) is 1. The van der Waals surface area contributed by atoms with Gasteiger partial charge in [-0.15, -0.1) is 0 Å². The van der Waals surface area contributed by atoms with E-state index in [1.54, 1.807) is 12.1 Å². The topological polar surface area (TPSA) is 54.7 Å². The lowest BCUT2D eigenvalue weighted by Crippen LogP contribution is -2.14. The van der Waals surface area contributed by atoms with Crippen LogP contribution < -0.4 is 5.73 Å². The minimum Gasteiger partial charge on any atom is -0.382 e. The lowest BCUT2D eigenvalue weighted by molar-refractivity contribution is 0.312. The van der Waals surface area contributed by atoms with Crippen molar-refractivity contribution in [2.24, 2.45) is 5.92 Å². The molecule has 94 valence electrons. The van der Waals surface area contributed by atoms with E-state index in [2.05, 4.69) is 10.2 Å². The van der Waals surface area contributed by atoms with Crippen LogP contribution >= 0.6 is 0 Å². The van der Waals surface area contributed by atoms with Gasteiger partial charge < -0.3 is 5.73 Å². The molecule has 0 amide bonds. The fourth-order valence-corrected chi connectivity index (χ4v) is 2.49. The van der Waals surface area contributed by atoms with Crippen LogP contribution in [0.3, 0.4) is 0 Å². The van der Waals surface area contributed by atoms with Crippen LogP contribution in [0.15, 0.2) is 24.3 Å². The summed E-state index contributed by atoms with van der Waals surface area (Å²) < 4.78 is 13.8. The Morgan fingerprint density at radius 3 is 2.78 bits per heavy atom. The SMILES string of the molecule is Nc1n[nH]c(CC2CCC2)c1-c1ccccc1F. The fourth-order valence-electron chi connectivity index (χ4n) is 2.49. The van der Waals surface area contributed by atoms with Crippen molar-refractivity contribution in [1.29, 1.82) is 0 Å². The van der Waals surface area contributed by atoms with Crippen molar-refractivity contribution in [2.75, 3.05) is 5.73 Å². The second kappa shape index (κ2) is 4.44. The van der Waals surface area contributed by atoms with Gasteiger partial charge in [0, 0.05) is 16.8 Å². The minimum absolute atomic E-state index is 0.250. The van der Waals surface area contributed by atoms with Gasteiger partial charge in [0.1, 0.15) is 5.82 Å². The summed E-state index contributed by atoms with van der Waals surface area (Å²) in [5, 5.41) is 6.99. The van der Waals surface area contributed by atoms with Crippen molar-refractivity contribution in [3.8, 4) is 11.1 Å². The lowest BCUT2D eigenvalue weighted by Gasteiger charge is -2.25. The molecule has 1 aromatic heterocycles. The van der Waals surface area contributed by atoms with Crippen LogP contribution in [-0.4, -0.2) is 10.2 Å². The van der Waals surface area contributed by atoms with Crippen LogP contribution in [0.2, 0.25) is 0 Å². The molecule has 0 aliphatic heterocycles. The summed E-state index contributed by atoms with van der Waals surface area (Å²) in [7, 11) is 0. The largest absolute Gasteiger partial charge is 0.382 e. The van der Waals surface area contributed by atoms with E-state index in [0.717, 1.165) is 17.7 Å². The van der Waals surface area contributed by atoms with Gasteiger partial charge in [-0.2, -0.15) is 5.10 Å². The summed E-state index contributed by atoms with van der Waals surface area (Å²) in [6.45, 7) is 0. The van der Waals surface area contributed by atoms with Gasteiger partial charge in [0.25, 0.3) is 0 Å². The Bertz CT molecular complexity index is 558. The number of nitrogen functional groups attached to an aromatic ring is 1. The normalized spacial score (nSPS) is 15.6. The van der Waals surface area contributed by atoms with Crippen molar-refractivity contribution in [3.05, 3.63) is 35.8 Å². The molecule has 0 atom stereocenters.